The van der Waals surface area contributed by atoms with Crippen molar-refractivity contribution in [1.29, 1.82) is 0 Å². The lowest BCUT2D eigenvalue weighted by molar-refractivity contribution is -0.141. The largest absolute Gasteiger partial charge is 0.465 e. The van der Waals surface area contributed by atoms with Gasteiger partial charge in [0.05, 0.1) is 17.3 Å². The number of anilines is 1. The SMILES string of the molecule is CCOC(=O)CN(c1ccc(C)cc1C)S(=O)(=O)c1cc(Cl)ccc1Cl. The number of halogens is 2. The Balaban J connectivity index is 2.62. The van der Waals surface area contributed by atoms with E-state index >= 15 is 0 Å². The minimum absolute atomic E-state index is 0.0213. The fourth-order valence-electron chi connectivity index (χ4n) is 2.50. The van der Waals surface area contributed by atoms with Crippen LogP contribution in [-0.4, -0.2) is 27.5 Å². The lowest BCUT2D eigenvalue weighted by Crippen LogP contribution is -2.37. The summed E-state index contributed by atoms with van der Waals surface area (Å²) in [5.74, 6) is -0.658. The summed E-state index contributed by atoms with van der Waals surface area (Å²) in [6.07, 6.45) is 0. The first kappa shape index (κ1) is 20.6. The zero-order chi connectivity index (χ0) is 19.5. The predicted molar refractivity (Wildman–Crippen MR) is 104 cm³/mol. The first-order chi connectivity index (χ1) is 12.2. The van der Waals surface area contributed by atoms with Gasteiger partial charge >= 0.3 is 5.97 Å². The number of sulfonamides is 1. The fourth-order valence-corrected chi connectivity index (χ4v) is 4.72. The van der Waals surface area contributed by atoms with Crippen molar-refractivity contribution in [3.05, 3.63) is 57.6 Å². The van der Waals surface area contributed by atoms with E-state index in [2.05, 4.69) is 0 Å². The van der Waals surface area contributed by atoms with Crippen molar-refractivity contribution in [3.8, 4) is 0 Å². The van der Waals surface area contributed by atoms with Crippen molar-refractivity contribution in [2.45, 2.75) is 25.7 Å². The third-order valence-electron chi connectivity index (χ3n) is 3.66. The topological polar surface area (TPSA) is 63.7 Å². The maximum absolute atomic E-state index is 13.3. The molecule has 140 valence electrons. The molecule has 2 rings (SSSR count). The summed E-state index contributed by atoms with van der Waals surface area (Å²) in [5.41, 5.74) is 2.05. The number of carbonyl (C=O) groups excluding carboxylic acids is 1. The molecule has 0 bridgehead atoms. The molecular weight excluding hydrogens is 397 g/mol. The summed E-state index contributed by atoms with van der Waals surface area (Å²) in [4.78, 5) is 11.9. The Morgan fingerprint density at radius 2 is 1.81 bits per heavy atom. The van der Waals surface area contributed by atoms with Crippen molar-refractivity contribution in [1.82, 2.24) is 0 Å². The second-order valence-corrected chi connectivity index (χ2v) is 8.36. The molecule has 0 atom stereocenters. The normalized spacial score (nSPS) is 11.3. The zero-order valence-corrected chi connectivity index (χ0v) is 17.0. The van der Waals surface area contributed by atoms with Gasteiger partial charge in [0.15, 0.2) is 0 Å². The van der Waals surface area contributed by atoms with Gasteiger partial charge in [0.25, 0.3) is 10.0 Å². The third-order valence-corrected chi connectivity index (χ3v) is 6.14. The molecule has 0 saturated heterocycles. The molecule has 26 heavy (non-hydrogen) atoms. The molecule has 8 heteroatoms. The van der Waals surface area contributed by atoms with E-state index in [4.69, 9.17) is 27.9 Å². The fraction of sp³-hybridized carbons (Fsp3) is 0.278. The molecule has 0 aliphatic rings. The van der Waals surface area contributed by atoms with Gasteiger partial charge in [0, 0.05) is 5.02 Å². The van der Waals surface area contributed by atoms with Gasteiger partial charge in [-0.3, -0.25) is 9.10 Å². The number of benzene rings is 2. The number of ether oxygens (including phenoxy) is 1. The lowest BCUT2D eigenvalue weighted by Gasteiger charge is -2.26. The highest BCUT2D eigenvalue weighted by molar-refractivity contribution is 7.93. The van der Waals surface area contributed by atoms with E-state index in [1.807, 2.05) is 13.0 Å². The molecule has 0 radical (unpaired) electrons. The predicted octanol–water partition coefficient (Wildman–Crippen LogP) is 4.37. The van der Waals surface area contributed by atoms with Crippen LogP contribution in [0.25, 0.3) is 0 Å². The number of nitrogens with zero attached hydrogens (tertiary/aromatic N) is 1. The molecule has 2 aromatic rings. The second kappa shape index (κ2) is 8.29. The summed E-state index contributed by atoms with van der Waals surface area (Å²) < 4.78 is 32.5. The van der Waals surface area contributed by atoms with Crippen LogP contribution < -0.4 is 4.31 Å². The minimum Gasteiger partial charge on any atom is -0.465 e. The summed E-state index contributed by atoms with van der Waals surface area (Å²) in [6, 6.07) is 9.43. The summed E-state index contributed by atoms with van der Waals surface area (Å²) in [6.45, 7) is 5.01. The smallest absolute Gasteiger partial charge is 0.326 e. The summed E-state index contributed by atoms with van der Waals surface area (Å²) in [7, 11) is -4.14. The van der Waals surface area contributed by atoms with Gasteiger partial charge in [-0.15, -0.1) is 0 Å². The van der Waals surface area contributed by atoms with Crippen molar-refractivity contribution in [2.75, 3.05) is 17.5 Å². The van der Waals surface area contributed by atoms with Crippen LogP contribution in [0.1, 0.15) is 18.1 Å². The highest BCUT2D eigenvalue weighted by Gasteiger charge is 2.30. The third kappa shape index (κ3) is 4.50. The Labute approximate surface area is 163 Å². The van der Waals surface area contributed by atoms with E-state index in [0.717, 1.165) is 9.87 Å². The van der Waals surface area contributed by atoms with E-state index in [1.165, 1.54) is 18.2 Å². The molecule has 2 aromatic carbocycles. The van der Waals surface area contributed by atoms with E-state index in [0.29, 0.717) is 11.3 Å². The Bertz CT molecular complexity index is 929. The van der Waals surface area contributed by atoms with Gasteiger partial charge in [0.2, 0.25) is 0 Å². The van der Waals surface area contributed by atoms with Crippen molar-refractivity contribution in [2.24, 2.45) is 0 Å². The standard InChI is InChI=1S/C18H19Cl2NO4S/c1-4-25-18(22)11-21(16-8-5-12(2)9-13(16)3)26(23,24)17-10-14(19)6-7-15(17)20/h5-10H,4,11H2,1-3H3. The number of rotatable bonds is 6. The van der Waals surface area contributed by atoms with E-state index < -0.39 is 22.5 Å². The van der Waals surface area contributed by atoms with Gasteiger partial charge in [-0.1, -0.05) is 40.9 Å². The molecule has 0 saturated carbocycles. The van der Waals surface area contributed by atoms with E-state index in [-0.39, 0.29) is 21.5 Å². The van der Waals surface area contributed by atoms with Crippen LogP contribution >= 0.6 is 23.2 Å². The van der Waals surface area contributed by atoms with Crippen molar-refractivity contribution < 1.29 is 17.9 Å². The van der Waals surface area contributed by atoms with Gasteiger partial charge in [-0.05, 0) is 50.6 Å². The lowest BCUT2D eigenvalue weighted by atomic mass is 10.1. The molecule has 0 aliphatic carbocycles. The highest BCUT2D eigenvalue weighted by atomic mass is 35.5. The monoisotopic (exact) mass is 415 g/mol. The Hall–Kier alpha value is -1.76. The van der Waals surface area contributed by atoms with Crippen LogP contribution in [0.5, 0.6) is 0 Å². The average Bonchev–Trinajstić information content (AvgIpc) is 2.55. The molecule has 0 fully saturated rings. The Morgan fingerprint density at radius 1 is 1.12 bits per heavy atom. The maximum atomic E-state index is 13.3. The molecular formula is C18H19Cl2NO4S. The maximum Gasteiger partial charge on any atom is 0.326 e. The van der Waals surface area contributed by atoms with Crippen LogP contribution in [0.15, 0.2) is 41.3 Å². The summed E-state index contributed by atoms with van der Waals surface area (Å²) in [5, 5.41) is 0.248. The van der Waals surface area contributed by atoms with Gasteiger partial charge in [0.1, 0.15) is 11.4 Å². The van der Waals surface area contributed by atoms with Crippen molar-refractivity contribution in [3.63, 3.8) is 0 Å². The van der Waals surface area contributed by atoms with E-state index in [1.54, 1.807) is 26.0 Å². The van der Waals surface area contributed by atoms with Crippen LogP contribution in [0, 0.1) is 13.8 Å². The van der Waals surface area contributed by atoms with E-state index in [9.17, 15) is 13.2 Å². The highest BCUT2D eigenvalue weighted by Crippen LogP contribution is 2.32. The Morgan fingerprint density at radius 3 is 2.42 bits per heavy atom. The Kier molecular flexibility index (Phi) is 6.55. The quantitative estimate of drug-likeness (QED) is 0.656. The van der Waals surface area contributed by atoms with Gasteiger partial charge < -0.3 is 4.74 Å². The van der Waals surface area contributed by atoms with Crippen LogP contribution in [0.2, 0.25) is 10.0 Å². The molecule has 0 amide bonds. The van der Waals surface area contributed by atoms with Crippen LogP contribution in [0.3, 0.4) is 0 Å². The molecule has 5 nitrogen and oxygen atoms in total. The first-order valence-electron chi connectivity index (χ1n) is 7.87. The summed E-state index contributed by atoms with van der Waals surface area (Å²) >= 11 is 12.0. The van der Waals surface area contributed by atoms with Gasteiger partial charge in [-0.2, -0.15) is 0 Å². The number of esters is 1. The zero-order valence-electron chi connectivity index (χ0n) is 14.6. The molecule has 0 N–H and O–H groups in total. The number of aryl methyl sites for hydroxylation is 2. The van der Waals surface area contributed by atoms with Crippen LogP contribution in [-0.2, 0) is 19.6 Å². The molecule has 0 unspecified atom stereocenters. The second-order valence-electron chi connectivity index (χ2n) is 5.68. The molecule has 0 aromatic heterocycles. The van der Waals surface area contributed by atoms with Crippen molar-refractivity contribution >= 4 is 44.9 Å². The molecule has 0 aliphatic heterocycles. The number of hydrogen-bond acceptors (Lipinski definition) is 4. The molecule has 0 heterocycles. The number of hydrogen-bond donors (Lipinski definition) is 0. The number of carbonyl (C=O) groups is 1. The van der Waals surface area contributed by atoms with Gasteiger partial charge in [-0.25, -0.2) is 8.42 Å². The van der Waals surface area contributed by atoms with Crippen LogP contribution in [0.4, 0.5) is 5.69 Å². The molecule has 0 spiro atoms. The minimum atomic E-state index is -4.14. The average molecular weight is 416 g/mol. The first-order valence-corrected chi connectivity index (χ1v) is 10.1.